The van der Waals surface area contributed by atoms with Crippen molar-refractivity contribution in [2.45, 2.75) is 32.6 Å². The van der Waals surface area contributed by atoms with Gasteiger partial charge in [-0.2, -0.15) is 0 Å². The van der Waals surface area contributed by atoms with Crippen molar-refractivity contribution in [2.24, 2.45) is 11.8 Å². The fraction of sp³-hybridized carbons (Fsp3) is 0.900. The second-order valence-electron chi connectivity index (χ2n) is 3.97. The van der Waals surface area contributed by atoms with E-state index in [2.05, 4.69) is 12.2 Å². The van der Waals surface area contributed by atoms with Crippen LogP contribution in [0.4, 0.5) is 0 Å². The third-order valence-electron chi connectivity index (χ3n) is 2.80. The van der Waals surface area contributed by atoms with Gasteiger partial charge >= 0.3 is 0 Å². The summed E-state index contributed by atoms with van der Waals surface area (Å²) in [6.07, 6.45) is 4.35. The van der Waals surface area contributed by atoms with Crippen molar-refractivity contribution in [1.29, 1.82) is 0 Å². The molecule has 3 nitrogen and oxygen atoms in total. The Morgan fingerprint density at radius 1 is 1.38 bits per heavy atom. The Labute approximate surface area is 79.5 Å². The number of amides is 1. The van der Waals surface area contributed by atoms with E-state index in [1.54, 1.807) is 0 Å². The number of aliphatic hydroxyl groups is 1. The molecule has 0 aromatic heterocycles. The Balaban J connectivity index is 2.23. The molecule has 1 fully saturated rings. The summed E-state index contributed by atoms with van der Waals surface area (Å²) in [5.74, 6) is 1.10. The zero-order chi connectivity index (χ0) is 9.68. The van der Waals surface area contributed by atoms with Crippen molar-refractivity contribution in [3.63, 3.8) is 0 Å². The maximum absolute atomic E-state index is 11.4. The molecule has 1 aliphatic rings. The molecular weight excluding hydrogens is 166 g/mol. The van der Waals surface area contributed by atoms with Gasteiger partial charge in [-0.15, -0.1) is 0 Å². The summed E-state index contributed by atoms with van der Waals surface area (Å²) in [5, 5.41) is 11.3. The second kappa shape index (κ2) is 5.22. The van der Waals surface area contributed by atoms with Gasteiger partial charge in [-0.3, -0.25) is 4.79 Å². The molecule has 0 saturated heterocycles. The number of aliphatic hydroxyl groups excluding tert-OH is 1. The molecule has 3 heteroatoms. The minimum atomic E-state index is 0.0366. The van der Waals surface area contributed by atoms with E-state index >= 15 is 0 Å². The van der Waals surface area contributed by atoms with E-state index < -0.39 is 0 Å². The Kier molecular flexibility index (Phi) is 4.22. The van der Waals surface area contributed by atoms with Crippen LogP contribution in [-0.2, 0) is 4.79 Å². The first-order chi connectivity index (χ1) is 6.24. The van der Waals surface area contributed by atoms with Gasteiger partial charge < -0.3 is 10.4 Å². The van der Waals surface area contributed by atoms with Crippen LogP contribution in [0.15, 0.2) is 0 Å². The fourth-order valence-corrected chi connectivity index (χ4v) is 1.85. The van der Waals surface area contributed by atoms with Crippen molar-refractivity contribution in [2.75, 3.05) is 13.2 Å². The molecular formula is C10H19NO2. The van der Waals surface area contributed by atoms with Gasteiger partial charge in [0, 0.05) is 12.5 Å². The lowest BCUT2D eigenvalue weighted by Gasteiger charge is -2.25. The molecule has 2 N–H and O–H groups in total. The van der Waals surface area contributed by atoms with E-state index in [9.17, 15) is 4.79 Å². The number of rotatable bonds is 3. The van der Waals surface area contributed by atoms with Crippen LogP contribution < -0.4 is 5.32 Å². The van der Waals surface area contributed by atoms with Crippen LogP contribution in [0.25, 0.3) is 0 Å². The first-order valence-corrected chi connectivity index (χ1v) is 5.12. The van der Waals surface area contributed by atoms with Crippen molar-refractivity contribution >= 4 is 5.91 Å². The van der Waals surface area contributed by atoms with Crippen LogP contribution in [-0.4, -0.2) is 24.2 Å². The molecule has 0 bridgehead atoms. The second-order valence-corrected chi connectivity index (χ2v) is 3.97. The molecule has 1 rings (SSSR count). The average Bonchev–Trinajstić information content (AvgIpc) is 2.15. The summed E-state index contributed by atoms with van der Waals surface area (Å²) in [7, 11) is 0. The third kappa shape index (κ3) is 3.35. The van der Waals surface area contributed by atoms with E-state index in [1.807, 2.05) is 0 Å². The highest BCUT2D eigenvalue weighted by atomic mass is 16.3. The number of hydrogen-bond donors (Lipinski definition) is 2. The van der Waals surface area contributed by atoms with Crippen LogP contribution in [0.5, 0.6) is 0 Å². The van der Waals surface area contributed by atoms with E-state index in [0.29, 0.717) is 6.54 Å². The van der Waals surface area contributed by atoms with Crippen LogP contribution >= 0.6 is 0 Å². The maximum Gasteiger partial charge on any atom is 0.223 e. The molecule has 0 spiro atoms. The van der Waals surface area contributed by atoms with Crippen LogP contribution in [0.2, 0.25) is 0 Å². The molecule has 0 aromatic rings. The lowest BCUT2D eigenvalue weighted by Crippen LogP contribution is -2.34. The molecule has 1 amide bonds. The van der Waals surface area contributed by atoms with Crippen molar-refractivity contribution in [3.05, 3.63) is 0 Å². The van der Waals surface area contributed by atoms with Gasteiger partial charge in [0.15, 0.2) is 0 Å². The number of hydrogen-bond acceptors (Lipinski definition) is 2. The molecule has 0 unspecified atom stereocenters. The lowest BCUT2D eigenvalue weighted by atomic mass is 9.82. The average molecular weight is 185 g/mol. The van der Waals surface area contributed by atoms with Gasteiger partial charge in [-0.25, -0.2) is 0 Å². The zero-order valence-electron chi connectivity index (χ0n) is 8.25. The maximum atomic E-state index is 11.4. The summed E-state index contributed by atoms with van der Waals surface area (Å²) in [6.45, 7) is 2.67. The van der Waals surface area contributed by atoms with Crippen LogP contribution in [0.1, 0.15) is 32.6 Å². The highest BCUT2D eigenvalue weighted by Crippen LogP contribution is 2.28. The topological polar surface area (TPSA) is 49.3 Å². The largest absolute Gasteiger partial charge is 0.395 e. The Bertz CT molecular complexity index is 162. The first kappa shape index (κ1) is 10.5. The Morgan fingerprint density at radius 3 is 2.54 bits per heavy atom. The third-order valence-corrected chi connectivity index (χ3v) is 2.80. The predicted octanol–water partition coefficient (Wildman–Crippen LogP) is 0.921. The molecule has 1 saturated carbocycles. The van der Waals surface area contributed by atoms with Crippen molar-refractivity contribution in [3.8, 4) is 0 Å². The van der Waals surface area contributed by atoms with E-state index in [-0.39, 0.29) is 18.4 Å². The minimum absolute atomic E-state index is 0.0366. The number of carbonyl (C=O) groups is 1. The fourth-order valence-electron chi connectivity index (χ4n) is 1.85. The molecule has 0 aromatic carbocycles. The predicted molar refractivity (Wildman–Crippen MR) is 51.2 cm³/mol. The normalized spacial score (nSPS) is 28.5. The first-order valence-electron chi connectivity index (χ1n) is 5.12. The Morgan fingerprint density at radius 2 is 2.00 bits per heavy atom. The number of nitrogens with one attached hydrogen (secondary N) is 1. The van der Waals surface area contributed by atoms with Crippen LogP contribution in [0, 0.1) is 11.8 Å². The van der Waals surface area contributed by atoms with Crippen LogP contribution in [0.3, 0.4) is 0 Å². The van der Waals surface area contributed by atoms with E-state index in [0.717, 1.165) is 31.6 Å². The summed E-state index contributed by atoms with van der Waals surface area (Å²) >= 11 is 0. The van der Waals surface area contributed by atoms with Gasteiger partial charge in [0.2, 0.25) is 5.91 Å². The van der Waals surface area contributed by atoms with Gasteiger partial charge in [-0.05, 0) is 31.6 Å². The highest BCUT2D eigenvalue weighted by molar-refractivity contribution is 5.78. The number of carbonyl (C=O) groups excluding carboxylic acids is 1. The SMILES string of the molecule is C[C@H]1CC[C@H](C(=O)NCCO)CC1. The molecule has 0 atom stereocenters. The van der Waals surface area contributed by atoms with Crippen molar-refractivity contribution < 1.29 is 9.90 Å². The lowest BCUT2D eigenvalue weighted by molar-refractivity contribution is -0.126. The molecule has 0 heterocycles. The minimum Gasteiger partial charge on any atom is -0.395 e. The quantitative estimate of drug-likeness (QED) is 0.687. The van der Waals surface area contributed by atoms with Crippen molar-refractivity contribution in [1.82, 2.24) is 5.32 Å². The monoisotopic (exact) mass is 185 g/mol. The molecule has 13 heavy (non-hydrogen) atoms. The summed E-state index contributed by atoms with van der Waals surface area (Å²) in [4.78, 5) is 11.4. The van der Waals surface area contributed by atoms with E-state index in [4.69, 9.17) is 5.11 Å². The van der Waals surface area contributed by atoms with Gasteiger partial charge in [0.25, 0.3) is 0 Å². The summed E-state index contributed by atoms with van der Waals surface area (Å²) < 4.78 is 0. The molecule has 0 radical (unpaired) electrons. The smallest absolute Gasteiger partial charge is 0.223 e. The van der Waals surface area contributed by atoms with Gasteiger partial charge in [0.1, 0.15) is 0 Å². The Hall–Kier alpha value is -0.570. The molecule has 1 aliphatic carbocycles. The standard InChI is InChI=1S/C10H19NO2/c1-8-2-4-9(5-3-8)10(13)11-6-7-12/h8-9,12H,2-7H2,1H3,(H,11,13)/t8-,9-. The zero-order valence-corrected chi connectivity index (χ0v) is 8.25. The molecule has 0 aliphatic heterocycles. The molecule has 76 valence electrons. The van der Waals surface area contributed by atoms with E-state index in [1.165, 1.54) is 0 Å². The summed E-state index contributed by atoms with van der Waals surface area (Å²) in [6, 6.07) is 0. The van der Waals surface area contributed by atoms with Gasteiger partial charge in [0.05, 0.1) is 6.61 Å². The highest BCUT2D eigenvalue weighted by Gasteiger charge is 2.23. The van der Waals surface area contributed by atoms with Gasteiger partial charge in [-0.1, -0.05) is 6.92 Å². The summed E-state index contributed by atoms with van der Waals surface area (Å²) in [5.41, 5.74) is 0.